The maximum atomic E-state index is 11.6. The lowest BCUT2D eigenvalue weighted by Crippen LogP contribution is -2.21. The third-order valence-corrected chi connectivity index (χ3v) is 6.33. The Balaban J connectivity index is 0.000000541. The van der Waals surface area contributed by atoms with E-state index >= 15 is 0 Å². The number of oxazole rings is 1. The number of hydrogen-bond donors (Lipinski definition) is 4. The number of nitrogens with one attached hydrogen (secondary N) is 3. The van der Waals surface area contributed by atoms with Gasteiger partial charge in [-0.3, -0.25) is 0 Å². The number of rotatable bonds is 8. The highest BCUT2D eigenvalue weighted by Gasteiger charge is 2.38. The van der Waals surface area contributed by atoms with E-state index in [1.54, 1.807) is 30.5 Å². The van der Waals surface area contributed by atoms with Crippen molar-refractivity contribution in [1.29, 1.82) is 0 Å². The summed E-state index contributed by atoms with van der Waals surface area (Å²) < 4.78 is 60.7. The predicted molar refractivity (Wildman–Crippen MR) is 156 cm³/mol. The van der Waals surface area contributed by atoms with E-state index in [9.17, 15) is 21.6 Å². The zero-order chi connectivity index (χ0) is 31.2. The van der Waals surface area contributed by atoms with E-state index in [0.717, 1.165) is 11.4 Å². The maximum absolute atomic E-state index is 11.6. The molecule has 0 bridgehead atoms. The Kier molecular flexibility index (Phi) is 9.14. The van der Waals surface area contributed by atoms with Gasteiger partial charge in [0.25, 0.3) is 6.01 Å². The van der Waals surface area contributed by atoms with E-state index in [1.165, 1.54) is 11.8 Å². The largest absolute Gasteiger partial charge is 0.490 e. The Morgan fingerprint density at radius 2 is 1.58 bits per heavy atom. The molecule has 2 aromatic heterocycles. The third-order valence-electron chi connectivity index (χ3n) is 5.47. The third kappa shape index (κ3) is 9.43. The molecule has 0 amide bonds. The molecule has 0 unspecified atom stereocenters. The number of nitrogens with zero attached hydrogens (tertiary/aromatic N) is 3. The lowest BCUT2D eigenvalue weighted by atomic mass is 10.2. The van der Waals surface area contributed by atoms with Crippen LogP contribution in [0.2, 0.25) is 0 Å². The van der Waals surface area contributed by atoms with Crippen LogP contribution in [0.5, 0.6) is 0 Å². The number of halogens is 3. The van der Waals surface area contributed by atoms with Gasteiger partial charge in [0.05, 0.1) is 5.75 Å². The summed E-state index contributed by atoms with van der Waals surface area (Å²) in [5.74, 6) is -1.82. The summed E-state index contributed by atoms with van der Waals surface area (Å²) in [4.78, 5) is 22.2. The SMILES string of the molecule is Cc1ccc(Nc2nc3cc(Nc4ccnc(Nc5cccc(CS(C)(=O)=O)c5)n4)ccc3o2)cc1.O=C(O)C(F)(F)F. The minimum atomic E-state index is -5.08. The summed E-state index contributed by atoms with van der Waals surface area (Å²) in [7, 11) is -3.12. The zero-order valence-corrected chi connectivity index (χ0v) is 23.5. The lowest BCUT2D eigenvalue weighted by molar-refractivity contribution is -0.192. The first-order chi connectivity index (χ1) is 20.2. The smallest absolute Gasteiger partial charge is 0.475 e. The lowest BCUT2D eigenvalue weighted by Gasteiger charge is -2.09. The van der Waals surface area contributed by atoms with Crippen LogP contribution >= 0.6 is 0 Å². The average molecular weight is 615 g/mol. The van der Waals surface area contributed by atoms with Crippen molar-refractivity contribution in [2.24, 2.45) is 0 Å². The van der Waals surface area contributed by atoms with Gasteiger partial charge in [0.1, 0.15) is 11.3 Å². The average Bonchev–Trinajstić information content (AvgIpc) is 3.31. The highest BCUT2D eigenvalue weighted by molar-refractivity contribution is 7.89. The van der Waals surface area contributed by atoms with Crippen LogP contribution in [0.25, 0.3) is 11.1 Å². The van der Waals surface area contributed by atoms with E-state index in [-0.39, 0.29) is 5.75 Å². The normalized spacial score (nSPS) is 11.4. The molecule has 0 aliphatic rings. The summed E-state index contributed by atoms with van der Waals surface area (Å²) in [6, 6.07) is 22.9. The quantitative estimate of drug-likeness (QED) is 0.155. The molecule has 43 heavy (non-hydrogen) atoms. The summed E-state index contributed by atoms with van der Waals surface area (Å²) in [6.07, 6.45) is -2.24. The second kappa shape index (κ2) is 12.8. The Morgan fingerprint density at radius 3 is 2.26 bits per heavy atom. The highest BCUT2D eigenvalue weighted by atomic mass is 32.2. The minimum absolute atomic E-state index is 0.0300. The number of carboxylic acid groups (broad SMARTS) is 1. The topological polar surface area (TPSA) is 159 Å². The van der Waals surface area contributed by atoms with Crippen LogP contribution in [0.1, 0.15) is 11.1 Å². The molecule has 5 aromatic rings. The van der Waals surface area contributed by atoms with Gasteiger partial charge in [-0.2, -0.15) is 23.1 Å². The first-order valence-corrected chi connectivity index (χ1v) is 14.5. The molecule has 3 aromatic carbocycles. The van der Waals surface area contributed by atoms with Crippen molar-refractivity contribution in [3.63, 3.8) is 0 Å². The molecule has 0 saturated heterocycles. The van der Waals surface area contributed by atoms with Gasteiger partial charge >= 0.3 is 12.1 Å². The summed E-state index contributed by atoms with van der Waals surface area (Å²) in [6.45, 7) is 2.04. The van der Waals surface area contributed by atoms with Gasteiger partial charge in [-0.05, 0) is 61.0 Å². The molecule has 2 heterocycles. The van der Waals surface area contributed by atoms with E-state index in [1.807, 2.05) is 55.5 Å². The highest BCUT2D eigenvalue weighted by Crippen LogP contribution is 2.26. The number of hydrogen-bond acceptors (Lipinski definition) is 10. The summed E-state index contributed by atoms with van der Waals surface area (Å²) in [5, 5.41) is 16.7. The van der Waals surface area contributed by atoms with Crippen molar-refractivity contribution < 1.29 is 35.9 Å². The molecule has 0 fully saturated rings. The van der Waals surface area contributed by atoms with Gasteiger partial charge < -0.3 is 25.5 Å². The van der Waals surface area contributed by atoms with E-state index in [4.69, 9.17) is 14.3 Å². The number of alkyl halides is 3. The Bertz CT molecular complexity index is 1840. The number of aliphatic carboxylic acids is 1. The molecule has 5 rings (SSSR count). The van der Waals surface area contributed by atoms with Crippen LogP contribution in [-0.2, 0) is 20.4 Å². The number of sulfone groups is 1. The maximum Gasteiger partial charge on any atom is 0.490 e. The van der Waals surface area contributed by atoms with Crippen molar-refractivity contribution in [3.8, 4) is 0 Å². The first kappa shape index (κ1) is 30.8. The number of benzene rings is 3. The van der Waals surface area contributed by atoms with Gasteiger partial charge in [0, 0.05) is 29.5 Å². The standard InChI is InChI=1S/C26H24N6O3S.C2HF3O2/c1-17-6-8-19(9-7-17)30-26-31-22-15-21(10-11-23(22)35-26)28-24-12-13-27-25(32-24)29-20-5-3-4-18(14-20)16-36(2,33)34;3-2(4,5)1(6)7/h3-15H,16H2,1-2H3,(H,30,31)(H2,27,28,29,32);(H,6,7). The molecule has 0 aliphatic carbocycles. The van der Waals surface area contributed by atoms with Crippen molar-refractivity contribution in [2.75, 3.05) is 22.2 Å². The number of carbonyl (C=O) groups is 1. The Labute approximate surface area is 243 Å². The van der Waals surface area contributed by atoms with E-state index in [0.29, 0.717) is 40.1 Å². The molecular weight excluding hydrogens is 589 g/mol. The van der Waals surface area contributed by atoms with Gasteiger partial charge in [0.15, 0.2) is 15.4 Å². The van der Waals surface area contributed by atoms with E-state index < -0.39 is 22.0 Å². The van der Waals surface area contributed by atoms with Crippen LogP contribution in [0.15, 0.2) is 83.4 Å². The van der Waals surface area contributed by atoms with Crippen molar-refractivity contribution in [1.82, 2.24) is 15.0 Å². The van der Waals surface area contributed by atoms with Crippen molar-refractivity contribution >= 4 is 61.7 Å². The molecule has 0 saturated carbocycles. The molecular formula is C28H25F3N6O5S. The zero-order valence-electron chi connectivity index (χ0n) is 22.7. The molecule has 0 radical (unpaired) electrons. The second-order valence-corrected chi connectivity index (χ2v) is 11.4. The molecule has 15 heteroatoms. The first-order valence-electron chi connectivity index (χ1n) is 12.4. The Morgan fingerprint density at radius 1 is 0.907 bits per heavy atom. The van der Waals surface area contributed by atoms with E-state index in [2.05, 4.69) is 30.9 Å². The number of aryl methyl sites for hydroxylation is 1. The van der Waals surface area contributed by atoms with Gasteiger partial charge in [-0.25, -0.2) is 18.2 Å². The molecule has 11 nitrogen and oxygen atoms in total. The molecule has 0 aliphatic heterocycles. The van der Waals surface area contributed by atoms with Crippen LogP contribution in [0.4, 0.5) is 48.0 Å². The molecule has 0 atom stereocenters. The molecule has 0 spiro atoms. The van der Waals surface area contributed by atoms with Gasteiger partial charge in [-0.1, -0.05) is 29.8 Å². The predicted octanol–water partition coefficient (Wildman–Crippen LogP) is 6.33. The fraction of sp³-hybridized carbons (Fsp3) is 0.143. The fourth-order valence-electron chi connectivity index (χ4n) is 3.63. The summed E-state index contributed by atoms with van der Waals surface area (Å²) >= 11 is 0. The number of carboxylic acids is 1. The Hall–Kier alpha value is -5.18. The minimum Gasteiger partial charge on any atom is -0.475 e. The van der Waals surface area contributed by atoms with Gasteiger partial charge in [-0.15, -0.1) is 0 Å². The summed E-state index contributed by atoms with van der Waals surface area (Å²) in [5.41, 5.74) is 5.61. The van der Waals surface area contributed by atoms with Crippen LogP contribution in [-0.4, -0.2) is 46.9 Å². The number of aromatic nitrogens is 3. The van der Waals surface area contributed by atoms with Crippen LogP contribution in [0.3, 0.4) is 0 Å². The van der Waals surface area contributed by atoms with Crippen molar-refractivity contribution in [2.45, 2.75) is 18.9 Å². The fourth-order valence-corrected chi connectivity index (χ4v) is 4.41. The van der Waals surface area contributed by atoms with Gasteiger partial charge in [0.2, 0.25) is 5.95 Å². The monoisotopic (exact) mass is 614 g/mol. The number of fused-ring (bicyclic) bond motifs is 1. The van der Waals surface area contributed by atoms with Crippen LogP contribution in [0, 0.1) is 6.92 Å². The molecule has 4 N–H and O–H groups in total. The van der Waals surface area contributed by atoms with Crippen LogP contribution < -0.4 is 16.0 Å². The number of anilines is 6. The second-order valence-electron chi connectivity index (χ2n) is 9.28. The molecule has 224 valence electrons. The van der Waals surface area contributed by atoms with Crippen molar-refractivity contribution in [3.05, 3.63) is 90.1 Å².